The van der Waals surface area contributed by atoms with Gasteiger partial charge in [0.25, 0.3) is 0 Å². The third kappa shape index (κ3) is 5.12. The summed E-state index contributed by atoms with van der Waals surface area (Å²) in [5.41, 5.74) is 0.677. The zero-order valence-corrected chi connectivity index (χ0v) is 13.1. The van der Waals surface area contributed by atoms with Crippen LogP contribution in [0.1, 0.15) is 46.1 Å². The van der Waals surface area contributed by atoms with Gasteiger partial charge in [-0.1, -0.05) is 51.8 Å². The average Bonchev–Trinajstić information content (AvgIpc) is 2.32. The van der Waals surface area contributed by atoms with Crippen molar-refractivity contribution in [2.45, 2.75) is 53.0 Å². The van der Waals surface area contributed by atoms with Crippen LogP contribution in [-0.2, 0) is 6.42 Å². The largest absolute Gasteiger partial charge is 0.314 e. The van der Waals surface area contributed by atoms with E-state index in [0.29, 0.717) is 23.0 Å². The molecule has 1 aromatic rings. The molecule has 0 spiro atoms. The van der Waals surface area contributed by atoms with E-state index < -0.39 is 0 Å². The number of nitrogens with one attached hydrogen (secondary N) is 1. The molecule has 0 aliphatic rings. The summed E-state index contributed by atoms with van der Waals surface area (Å²) in [4.78, 5) is 0. The Morgan fingerprint density at radius 1 is 1.37 bits per heavy atom. The van der Waals surface area contributed by atoms with Crippen molar-refractivity contribution in [1.29, 1.82) is 0 Å². The lowest BCUT2D eigenvalue weighted by Crippen LogP contribution is -2.37. The molecule has 0 aromatic heterocycles. The van der Waals surface area contributed by atoms with Gasteiger partial charge < -0.3 is 5.32 Å². The molecule has 0 fully saturated rings. The van der Waals surface area contributed by atoms with Gasteiger partial charge in [0.05, 0.1) is 0 Å². The summed E-state index contributed by atoms with van der Waals surface area (Å²) < 4.78 is 13.9. The highest BCUT2D eigenvalue weighted by molar-refractivity contribution is 6.31. The molecule has 1 rings (SSSR count). The van der Waals surface area contributed by atoms with E-state index in [2.05, 4.69) is 33.0 Å². The highest BCUT2D eigenvalue weighted by atomic mass is 35.5. The minimum absolute atomic E-state index is 0.0326. The molecule has 1 N–H and O–H groups in total. The van der Waals surface area contributed by atoms with Gasteiger partial charge in [0.15, 0.2) is 0 Å². The topological polar surface area (TPSA) is 12.0 Å². The predicted molar refractivity (Wildman–Crippen MR) is 81.3 cm³/mol. The quantitative estimate of drug-likeness (QED) is 0.757. The van der Waals surface area contributed by atoms with Crippen molar-refractivity contribution in [3.8, 4) is 0 Å². The Bertz CT molecular complexity index is 385. The molecule has 108 valence electrons. The first-order chi connectivity index (χ1) is 8.88. The van der Waals surface area contributed by atoms with E-state index in [1.54, 1.807) is 12.1 Å². The van der Waals surface area contributed by atoms with Crippen LogP contribution in [-0.4, -0.2) is 12.6 Å². The fraction of sp³-hybridized carbons (Fsp3) is 0.625. The highest BCUT2D eigenvalue weighted by Crippen LogP contribution is 2.32. The molecule has 0 saturated heterocycles. The molecule has 1 nitrogen and oxygen atoms in total. The summed E-state index contributed by atoms with van der Waals surface area (Å²) in [6, 6.07) is 5.35. The number of rotatable bonds is 7. The molecule has 3 heteroatoms. The van der Waals surface area contributed by atoms with Crippen molar-refractivity contribution in [2.75, 3.05) is 6.54 Å². The Morgan fingerprint density at radius 3 is 2.58 bits per heavy atom. The second kappa shape index (κ2) is 7.25. The van der Waals surface area contributed by atoms with Crippen LogP contribution in [0.2, 0.25) is 5.02 Å². The summed E-state index contributed by atoms with van der Waals surface area (Å²) in [6.07, 6.45) is 2.81. The molecule has 0 saturated carbocycles. The van der Waals surface area contributed by atoms with Crippen LogP contribution in [0.25, 0.3) is 0 Å². The maximum Gasteiger partial charge on any atom is 0.127 e. The van der Waals surface area contributed by atoms with Crippen LogP contribution in [0.5, 0.6) is 0 Å². The Kier molecular flexibility index (Phi) is 6.28. The minimum atomic E-state index is -0.195. The van der Waals surface area contributed by atoms with Gasteiger partial charge in [0.2, 0.25) is 0 Å². The molecule has 0 amide bonds. The van der Waals surface area contributed by atoms with E-state index in [1.807, 2.05) is 0 Å². The molecule has 19 heavy (non-hydrogen) atoms. The maximum atomic E-state index is 13.9. The van der Waals surface area contributed by atoms with Gasteiger partial charge in [0.1, 0.15) is 5.82 Å². The number of hydrogen-bond acceptors (Lipinski definition) is 1. The summed E-state index contributed by atoms with van der Waals surface area (Å²) in [6.45, 7) is 9.50. The monoisotopic (exact) mass is 285 g/mol. The van der Waals surface area contributed by atoms with Gasteiger partial charge in [-0.05, 0) is 30.4 Å². The third-order valence-electron chi connectivity index (χ3n) is 3.46. The van der Waals surface area contributed by atoms with Gasteiger partial charge in [-0.25, -0.2) is 4.39 Å². The summed E-state index contributed by atoms with van der Waals surface area (Å²) in [7, 11) is 0. The number of halogens is 2. The van der Waals surface area contributed by atoms with E-state index in [1.165, 1.54) is 6.07 Å². The molecule has 1 unspecified atom stereocenters. The SMILES string of the molecule is CCCC(C)(CNC(C)C)Cc1c(F)cccc1Cl. The molecule has 1 aromatic carbocycles. The average molecular weight is 286 g/mol. The highest BCUT2D eigenvalue weighted by Gasteiger charge is 2.26. The molecule has 0 aliphatic heterocycles. The fourth-order valence-corrected chi connectivity index (χ4v) is 2.65. The van der Waals surface area contributed by atoms with Gasteiger partial charge in [0, 0.05) is 23.2 Å². The standard InChI is InChI=1S/C16H25ClFN/c1-5-9-16(4,11-19-12(2)3)10-13-14(17)7-6-8-15(13)18/h6-8,12,19H,5,9-11H2,1-4H3. The lowest BCUT2D eigenvalue weighted by Gasteiger charge is -2.31. The Balaban J connectivity index is 2.88. The van der Waals surface area contributed by atoms with E-state index in [-0.39, 0.29) is 11.2 Å². The first kappa shape index (κ1) is 16.5. The van der Waals surface area contributed by atoms with Gasteiger partial charge in [-0.2, -0.15) is 0 Å². The van der Waals surface area contributed by atoms with Crippen molar-refractivity contribution in [1.82, 2.24) is 5.32 Å². The molecular weight excluding hydrogens is 261 g/mol. The minimum Gasteiger partial charge on any atom is -0.314 e. The fourth-order valence-electron chi connectivity index (χ4n) is 2.42. The predicted octanol–water partition coefficient (Wildman–Crippen LogP) is 4.83. The van der Waals surface area contributed by atoms with Crippen LogP contribution >= 0.6 is 11.6 Å². The summed E-state index contributed by atoms with van der Waals surface area (Å²) >= 11 is 6.14. The Morgan fingerprint density at radius 2 is 2.05 bits per heavy atom. The van der Waals surface area contributed by atoms with E-state index >= 15 is 0 Å². The van der Waals surface area contributed by atoms with Gasteiger partial charge >= 0.3 is 0 Å². The first-order valence-electron chi connectivity index (χ1n) is 7.04. The second-order valence-corrected chi connectivity index (χ2v) is 6.38. The smallest absolute Gasteiger partial charge is 0.127 e. The van der Waals surface area contributed by atoms with Crippen LogP contribution in [0, 0.1) is 11.2 Å². The second-order valence-electron chi connectivity index (χ2n) is 5.97. The Labute approximate surface area is 121 Å². The van der Waals surface area contributed by atoms with Crippen LogP contribution in [0.3, 0.4) is 0 Å². The molecule has 1 atom stereocenters. The molecule has 0 bridgehead atoms. The lowest BCUT2D eigenvalue weighted by atomic mass is 9.79. The van der Waals surface area contributed by atoms with Crippen molar-refractivity contribution in [2.24, 2.45) is 5.41 Å². The summed E-state index contributed by atoms with van der Waals surface area (Å²) in [5, 5.41) is 4.00. The third-order valence-corrected chi connectivity index (χ3v) is 3.81. The van der Waals surface area contributed by atoms with E-state index in [0.717, 1.165) is 19.4 Å². The molecule has 0 aliphatic carbocycles. The molecule has 0 radical (unpaired) electrons. The van der Waals surface area contributed by atoms with Crippen molar-refractivity contribution < 1.29 is 4.39 Å². The number of benzene rings is 1. The Hall–Kier alpha value is -0.600. The van der Waals surface area contributed by atoms with Crippen molar-refractivity contribution in [3.05, 3.63) is 34.6 Å². The van der Waals surface area contributed by atoms with Crippen molar-refractivity contribution in [3.63, 3.8) is 0 Å². The van der Waals surface area contributed by atoms with Gasteiger partial charge in [-0.15, -0.1) is 0 Å². The molecule has 0 heterocycles. The number of hydrogen-bond donors (Lipinski definition) is 1. The van der Waals surface area contributed by atoms with Crippen molar-refractivity contribution >= 4 is 11.6 Å². The normalized spacial score (nSPS) is 14.7. The maximum absolute atomic E-state index is 13.9. The van der Waals surface area contributed by atoms with Gasteiger partial charge in [-0.3, -0.25) is 0 Å². The van der Waals surface area contributed by atoms with Crippen LogP contribution in [0.15, 0.2) is 18.2 Å². The zero-order chi connectivity index (χ0) is 14.5. The zero-order valence-electron chi connectivity index (χ0n) is 12.4. The van der Waals surface area contributed by atoms with Crippen LogP contribution in [0.4, 0.5) is 4.39 Å². The van der Waals surface area contributed by atoms with E-state index in [4.69, 9.17) is 11.6 Å². The lowest BCUT2D eigenvalue weighted by molar-refractivity contribution is 0.264. The molecular formula is C16H25ClFN. The first-order valence-corrected chi connectivity index (χ1v) is 7.42. The van der Waals surface area contributed by atoms with Crippen LogP contribution < -0.4 is 5.32 Å². The summed E-state index contributed by atoms with van der Waals surface area (Å²) in [5.74, 6) is -0.195. The van der Waals surface area contributed by atoms with E-state index in [9.17, 15) is 4.39 Å².